The molecule has 17 heavy (non-hydrogen) atoms. The van der Waals surface area contributed by atoms with Gasteiger partial charge in [0.2, 0.25) is 0 Å². The summed E-state index contributed by atoms with van der Waals surface area (Å²) in [4.78, 5) is 12.0. The van der Waals surface area contributed by atoms with E-state index in [9.17, 15) is 15.0 Å². The summed E-state index contributed by atoms with van der Waals surface area (Å²) in [6.07, 6.45) is 2.96. The summed E-state index contributed by atoms with van der Waals surface area (Å²) in [5.41, 5.74) is -0.0909. The molecule has 0 spiro atoms. The number of hydrogen-bond donors (Lipinski definition) is 3. The second-order valence-electron chi connectivity index (χ2n) is 4.42. The summed E-state index contributed by atoms with van der Waals surface area (Å²) in [7, 11) is 0. The van der Waals surface area contributed by atoms with Gasteiger partial charge >= 0.3 is 0 Å². The number of amides is 1. The average Bonchev–Trinajstić information content (AvgIpc) is 2.26. The molecule has 0 unspecified atom stereocenters. The molecule has 3 N–H and O–H groups in total. The van der Waals surface area contributed by atoms with Crippen molar-refractivity contribution in [2.24, 2.45) is 0 Å². The van der Waals surface area contributed by atoms with Crippen LogP contribution in [0, 0.1) is 0 Å². The van der Waals surface area contributed by atoms with E-state index in [0.29, 0.717) is 5.33 Å². The van der Waals surface area contributed by atoms with Crippen molar-refractivity contribution in [1.29, 1.82) is 0 Å². The molecule has 0 atom stereocenters. The Balaban J connectivity index is 2.17. The predicted molar refractivity (Wildman–Crippen MR) is 67.6 cm³/mol. The molecule has 92 valence electrons. The lowest BCUT2D eigenvalue weighted by atomic mass is 9.78. The number of phenolic OH excluding ortho intramolecular Hbond substituents is 2. The van der Waals surface area contributed by atoms with Crippen LogP contribution in [0.15, 0.2) is 18.2 Å². The van der Waals surface area contributed by atoms with E-state index in [4.69, 9.17) is 0 Å². The lowest BCUT2D eigenvalue weighted by Crippen LogP contribution is -2.54. The Labute approximate surface area is 108 Å². The Kier molecular flexibility index (Phi) is 3.28. The van der Waals surface area contributed by atoms with Crippen molar-refractivity contribution < 1.29 is 15.0 Å². The van der Waals surface area contributed by atoms with Gasteiger partial charge in [-0.2, -0.15) is 0 Å². The maximum atomic E-state index is 12.0. The van der Waals surface area contributed by atoms with Gasteiger partial charge in [-0.05, 0) is 37.5 Å². The van der Waals surface area contributed by atoms with Crippen molar-refractivity contribution in [3.63, 3.8) is 0 Å². The number of hydrogen-bond acceptors (Lipinski definition) is 3. The topological polar surface area (TPSA) is 69.6 Å². The first kappa shape index (κ1) is 12.2. The van der Waals surface area contributed by atoms with Crippen molar-refractivity contribution in [1.82, 2.24) is 5.32 Å². The van der Waals surface area contributed by atoms with Gasteiger partial charge in [0.05, 0.1) is 11.1 Å². The number of phenols is 2. The van der Waals surface area contributed by atoms with Crippen molar-refractivity contribution in [2.45, 2.75) is 24.8 Å². The van der Waals surface area contributed by atoms with Crippen LogP contribution in [0.4, 0.5) is 0 Å². The number of nitrogens with one attached hydrogen (secondary N) is 1. The van der Waals surface area contributed by atoms with Gasteiger partial charge in [0.1, 0.15) is 11.5 Å². The summed E-state index contributed by atoms with van der Waals surface area (Å²) in [5, 5.41) is 22.5. The molecule has 0 bridgehead atoms. The van der Waals surface area contributed by atoms with Crippen LogP contribution in [0.3, 0.4) is 0 Å². The quantitative estimate of drug-likeness (QED) is 0.592. The molecule has 0 saturated heterocycles. The maximum absolute atomic E-state index is 12.0. The van der Waals surface area contributed by atoms with Gasteiger partial charge in [0, 0.05) is 5.33 Å². The molecule has 1 aromatic rings. The van der Waals surface area contributed by atoms with Crippen LogP contribution in [0.2, 0.25) is 0 Å². The molecule has 5 heteroatoms. The number of carbonyl (C=O) groups excluding carboxylic acids is 1. The van der Waals surface area contributed by atoms with E-state index in [1.807, 2.05) is 0 Å². The standard InChI is InChI=1S/C12H14BrNO3/c13-7-12(4-1-5-12)14-11(17)9-6-8(15)2-3-10(9)16/h2-3,6,15-16H,1,4-5,7H2,(H,14,17). The summed E-state index contributed by atoms with van der Waals surface area (Å²) >= 11 is 3.39. The smallest absolute Gasteiger partial charge is 0.255 e. The minimum Gasteiger partial charge on any atom is -0.508 e. The lowest BCUT2D eigenvalue weighted by molar-refractivity contribution is 0.0853. The van der Waals surface area contributed by atoms with Crippen LogP contribution in [0.25, 0.3) is 0 Å². The molecule has 1 aliphatic rings. The van der Waals surface area contributed by atoms with Gasteiger partial charge in [-0.1, -0.05) is 15.9 Å². The van der Waals surface area contributed by atoms with E-state index in [2.05, 4.69) is 21.2 Å². The Morgan fingerprint density at radius 3 is 2.65 bits per heavy atom. The van der Waals surface area contributed by atoms with E-state index in [0.717, 1.165) is 19.3 Å². The molecule has 2 rings (SSSR count). The fourth-order valence-electron chi connectivity index (χ4n) is 1.91. The molecule has 0 aliphatic heterocycles. The fraction of sp³-hybridized carbons (Fsp3) is 0.417. The Bertz CT molecular complexity index is 438. The first-order chi connectivity index (χ1) is 8.06. The summed E-state index contributed by atoms with van der Waals surface area (Å²) < 4.78 is 0. The van der Waals surface area contributed by atoms with Crippen LogP contribution < -0.4 is 5.32 Å². The zero-order valence-electron chi connectivity index (χ0n) is 9.24. The van der Waals surface area contributed by atoms with Gasteiger partial charge in [0.15, 0.2) is 0 Å². The van der Waals surface area contributed by atoms with Gasteiger partial charge in [-0.15, -0.1) is 0 Å². The average molecular weight is 300 g/mol. The predicted octanol–water partition coefficient (Wildman–Crippen LogP) is 2.15. The second kappa shape index (κ2) is 4.56. The molecule has 1 amide bonds. The van der Waals surface area contributed by atoms with E-state index >= 15 is 0 Å². The van der Waals surface area contributed by atoms with E-state index < -0.39 is 0 Å². The highest BCUT2D eigenvalue weighted by molar-refractivity contribution is 9.09. The SMILES string of the molecule is O=C(NC1(CBr)CCC1)c1cc(O)ccc1O. The van der Waals surface area contributed by atoms with Crippen LogP contribution in [-0.4, -0.2) is 27.0 Å². The first-order valence-electron chi connectivity index (χ1n) is 5.47. The Hall–Kier alpha value is -1.23. The zero-order valence-corrected chi connectivity index (χ0v) is 10.8. The summed E-state index contributed by atoms with van der Waals surface area (Å²) in [5.74, 6) is -0.503. The van der Waals surface area contributed by atoms with Crippen molar-refractivity contribution >= 4 is 21.8 Å². The maximum Gasteiger partial charge on any atom is 0.255 e. The van der Waals surface area contributed by atoms with Gasteiger partial charge in [-0.3, -0.25) is 4.79 Å². The van der Waals surface area contributed by atoms with Crippen molar-refractivity contribution in [2.75, 3.05) is 5.33 Å². The number of halogens is 1. The van der Waals surface area contributed by atoms with Gasteiger partial charge < -0.3 is 15.5 Å². The number of benzene rings is 1. The molecular formula is C12H14BrNO3. The number of carbonyl (C=O) groups is 1. The first-order valence-corrected chi connectivity index (χ1v) is 6.59. The van der Waals surface area contributed by atoms with Crippen LogP contribution in [-0.2, 0) is 0 Å². The Morgan fingerprint density at radius 2 is 2.12 bits per heavy atom. The highest BCUT2D eigenvalue weighted by Gasteiger charge is 2.37. The third-order valence-electron chi connectivity index (χ3n) is 3.17. The minimum atomic E-state index is -0.349. The zero-order chi connectivity index (χ0) is 12.5. The molecule has 1 saturated carbocycles. The molecule has 1 fully saturated rings. The molecule has 4 nitrogen and oxygen atoms in total. The lowest BCUT2D eigenvalue weighted by Gasteiger charge is -2.41. The molecule has 0 radical (unpaired) electrons. The van der Waals surface area contributed by atoms with Gasteiger partial charge in [-0.25, -0.2) is 0 Å². The highest BCUT2D eigenvalue weighted by atomic mass is 79.9. The number of rotatable bonds is 3. The van der Waals surface area contributed by atoms with Crippen molar-refractivity contribution in [3.8, 4) is 11.5 Å². The minimum absolute atomic E-state index is 0.0329. The second-order valence-corrected chi connectivity index (χ2v) is 4.98. The number of aromatic hydroxyl groups is 2. The van der Waals surface area contributed by atoms with E-state index in [-0.39, 0.29) is 28.5 Å². The summed E-state index contributed by atoms with van der Waals surface area (Å²) in [6, 6.07) is 3.92. The number of alkyl halides is 1. The summed E-state index contributed by atoms with van der Waals surface area (Å²) in [6.45, 7) is 0. The van der Waals surface area contributed by atoms with Gasteiger partial charge in [0.25, 0.3) is 5.91 Å². The third-order valence-corrected chi connectivity index (χ3v) is 4.24. The monoisotopic (exact) mass is 299 g/mol. The van der Waals surface area contributed by atoms with Crippen LogP contribution in [0.1, 0.15) is 29.6 Å². The molecule has 1 aromatic carbocycles. The Morgan fingerprint density at radius 1 is 1.41 bits per heavy atom. The normalized spacial score (nSPS) is 17.2. The molecule has 0 aromatic heterocycles. The van der Waals surface area contributed by atoms with Crippen molar-refractivity contribution in [3.05, 3.63) is 23.8 Å². The molecular weight excluding hydrogens is 286 g/mol. The molecule has 0 heterocycles. The molecule has 1 aliphatic carbocycles. The highest BCUT2D eigenvalue weighted by Crippen LogP contribution is 2.34. The van der Waals surface area contributed by atoms with Crippen LogP contribution >= 0.6 is 15.9 Å². The fourth-order valence-corrected chi connectivity index (χ4v) is 2.61. The van der Waals surface area contributed by atoms with E-state index in [1.54, 1.807) is 0 Å². The van der Waals surface area contributed by atoms with Crippen LogP contribution in [0.5, 0.6) is 11.5 Å². The van der Waals surface area contributed by atoms with E-state index in [1.165, 1.54) is 18.2 Å². The largest absolute Gasteiger partial charge is 0.508 e. The third kappa shape index (κ3) is 2.39.